The van der Waals surface area contributed by atoms with E-state index in [0.717, 1.165) is 11.6 Å². The van der Waals surface area contributed by atoms with Gasteiger partial charge >= 0.3 is 6.18 Å². The van der Waals surface area contributed by atoms with Crippen LogP contribution in [0.25, 0.3) is 11.3 Å². The highest BCUT2D eigenvalue weighted by Gasteiger charge is 2.34. The third-order valence-corrected chi connectivity index (χ3v) is 3.37. The predicted molar refractivity (Wildman–Crippen MR) is 77.1 cm³/mol. The summed E-state index contributed by atoms with van der Waals surface area (Å²) in [4.78, 5) is 4.07. The third kappa shape index (κ3) is 3.21. The van der Waals surface area contributed by atoms with Gasteiger partial charge in [-0.05, 0) is 12.1 Å². The minimum atomic E-state index is -4.47. The van der Waals surface area contributed by atoms with E-state index in [2.05, 4.69) is 20.4 Å². The lowest BCUT2D eigenvalue weighted by atomic mass is 10.2. The topological polar surface area (TPSA) is 70.7 Å². The van der Waals surface area contributed by atoms with Crippen molar-refractivity contribution in [1.29, 1.82) is 0 Å². The standard InChI is InChI=1S/C14H13F3N6O/c1-22-10(5-12(20-22)14(15,16)17)7-23-8-11(19-21-23)9-3-4-13(24-2)18-6-9/h3-6,8H,7H2,1-2H3. The summed E-state index contributed by atoms with van der Waals surface area (Å²) < 4.78 is 45.6. The molecule has 24 heavy (non-hydrogen) atoms. The van der Waals surface area contributed by atoms with E-state index in [-0.39, 0.29) is 6.54 Å². The average Bonchev–Trinajstić information content (AvgIpc) is 3.15. The van der Waals surface area contributed by atoms with Crippen LogP contribution < -0.4 is 4.74 Å². The second-order valence-corrected chi connectivity index (χ2v) is 5.03. The first kappa shape index (κ1) is 16.0. The highest BCUT2D eigenvalue weighted by molar-refractivity contribution is 5.56. The lowest BCUT2D eigenvalue weighted by molar-refractivity contribution is -0.141. The number of rotatable bonds is 4. The minimum Gasteiger partial charge on any atom is -0.481 e. The Morgan fingerprint density at radius 3 is 2.62 bits per heavy atom. The highest BCUT2D eigenvalue weighted by atomic mass is 19.4. The zero-order chi connectivity index (χ0) is 17.3. The molecule has 0 bridgehead atoms. The Labute approximate surface area is 134 Å². The molecule has 126 valence electrons. The number of ether oxygens (including phenoxy) is 1. The van der Waals surface area contributed by atoms with Gasteiger partial charge in [-0.15, -0.1) is 5.10 Å². The monoisotopic (exact) mass is 338 g/mol. The van der Waals surface area contributed by atoms with E-state index in [1.165, 1.54) is 23.5 Å². The van der Waals surface area contributed by atoms with Gasteiger partial charge in [0.2, 0.25) is 5.88 Å². The van der Waals surface area contributed by atoms with Gasteiger partial charge in [0.1, 0.15) is 5.69 Å². The van der Waals surface area contributed by atoms with Crippen molar-refractivity contribution in [3.05, 3.63) is 42.0 Å². The van der Waals surface area contributed by atoms with Crippen LogP contribution >= 0.6 is 0 Å². The van der Waals surface area contributed by atoms with Crippen molar-refractivity contribution < 1.29 is 17.9 Å². The Hall–Kier alpha value is -2.91. The van der Waals surface area contributed by atoms with Gasteiger partial charge in [0.05, 0.1) is 25.5 Å². The molecule has 0 aliphatic carbocycles. The summed E-state index contributed by atoms with van der Waals surface area (Å²) in [6.07, 6.45) is -1.26. The van der Waals surface area contributed by atoms with Gasteiger partial charge in [0.25, 0.3) is 0 Å². The maximum absolute atomic E-state index is 12.7. The van der Waals surface area contributed by atoms with Gasteiger partial charge in [0, 0.05) is 24.9 Å². The van der Waals surface area contributed by atoms with Crippen LogP contribution in [-0.2, 0) is 19.8 Å². The van der Waals surface area contributed by atoms with E-state index in [1.807, 2.05) is 0 Å². The van der Waals surface area contributed by atoms with E-state index < -0.39 is 11.9 Å². The van der Waals surface area contributed by atoms with Gasteiger partial charge in [-0.1, -0.05) is 5.21 Å². The number of halogens is 3. The predicted octanol–water partition coefficient (Wildman–Crippen LogP) is 2.15. The number of hydrogen-bond acceptors (Lipinski definition) is 5. The molecule has 0 aliphatic rings. The number of alkyl halides is 3. The van der Waals surface area contributed by atoms with E-state index >= 15 is 0 Å². The summed E-state index contributed by atoms with van der Waals surface area (Å²) in [5, 5.41) is 11.4. The Morgan fingerprint density at radius 2 is 2.04 bits per heavy atom. The summed E-state index contributed by atoms with van der Waals surface area (Å²) >= 11 is 0. The molecule has 0 saturated carbocycles. The SMILES string of the molecule is COc1ccc(-c2cn(Cc3cc(C(F)(F)F)nn3C)nn2)cn1. The quantitative estimate of drug-likeness (QED) is 0.729. The van der Waals surface area contributed by atoms with Gasteiger partial charge < -0.3 is 4.74 Å². The molecule has 0 saturated heterocycles. The maximum Gasteiger partial charge on any atom is 0.435 e. The number of methoxy groups -OCH3 is 1. The van der Waals surface area contributed by atoms with Crippen molar-refractivity contribution in [3.8, 4) is 17.1 Å². The molecule has 0 atom stereocenters. The zero-order valence-corrected chi connectivity index (χ0v) is 12.8. The van der Waals surface area contributed by atoms with E-state index in [1.54, 1.807) is 24.5 Å². The lowest BCUT2D eigenvalue weighted by Crippen LogP contribution is -2.07. The first-order chi connectivity index (χ1) is 11.4. The van der Waals surface area contributed by atoms with E-state index in [9.17, 15) is 13.2 Å². The molecule has 3 heterocycles. The molecule has 0 radical (unpaired) electrons. The van der Waals surface area contributed by atoms with Crippen molar-refractivity contribution in [3.63, 3.8) is 0 Å². The van der Waals surface area contributed by atoms with E-state index in [0.29, 0.717) is 17.3 Å². The fourth-order valence-corrected chi connectivity index (χ4v) is 2.12. The number of aromatic nitrogens is 6. The Morgan fingerprint density at radius 1 is 1.25 bits per heavy atom. The molecule has 0 N–H and O–H groups in total. The minimum absolute atomic E-state index is 0.121. The third-order valence-electron chi connectivity index (χ3n) is 3.37. The normalized spacial score (nSPS) is 11.7. The van der Waals surface area contributed by atoms with Crippen LogP contribution in [-0.4, -0.2) is 36.9 Å². The Bertz CT molecular complexity index is 837. The molecule has 7 nitrogen and oxygen atoms in total. The van der Waals surface area contributed by atoms with Crippen molar-refractivity contribution in [2.24, 2.45) is 7.05 Å². The number of hydrogen-bond donors (Lipinski definition) is 0. The molecular formula is C14H13F3N6O. The zero-order valence-electron chi connectivity index (χ0n) is 12.8. The highest BCUT2D eigenvalue weighted by Crippen LogP contribution is 2.28. The largest absolute Gasteiger partial charge is 0.481 e. The summed E-state index contributed by atoms with van der Waals surface area (Å²) in [7, 11) is 2.97. The molecule has 0 unspecified atom stereocenters. The molecule has 3 aromatic heterocycles. The molecule has 3 rings (SSSR count). The first-order valence-electron chi connectivity index (χ1n) is 6.87. The van der Waals surface area contributed by atoms with Crippen LogP contribution in [0.2, 0.25) is 0 Å². The molecule has 0 fully saturated rings. The smallest absolute Gasteiger partial charge is 0.435 e. The number of nitrogens with zero attached hydrogens (tertiary/aromatic N) is 6. The molecule has 0 aliphatic heterocycles. The van der Waals surface area contributed by atoms with Crippen LogP contribution in [0.1, 0.15) is 11.4 Å². The number of aryl methyl sites for hydroxylation is 1. The summed E-state index contributed by atoms with van der Waals surface area (Å²) in [5.74, 6) is 0.473. The molecule has 3 aromatic rings. The second kappa shape index (κ2) is 5.95. The molecule has 0 aromatic carbocycles. The average molecular weight is 338 g/mol. The van der Waals surface area contributed by atoms with Crippen LogP contribution in [0.5, 0.6) is 5.88 Å². The summed E-state index contributed by atoms with van der Waals surface area (Å²) in [5.41, 5.74) is 0.720. The Kier molecular flexibility index (Phi) is 3.96. The van der Waals surface area contributed by atoms with Crippen molar-refractivity contribution in [1.82, 2.24) is 29.8 Å². The van der Waals surface area contributed by atoms with Crippen molar-refractivity contribution >= 4 is 0 Å². The molecule has 0 amide bonds. The lowest BCUT2D eigenvalue weighted by Gasteiger charge is -2.00. The molecule has 0 spiro atoms. The number of pyridine rings is 1. The van der Waals surface area contributed by atoms with Gasteiger partial charge in [-0.3, -0.25) is 4.68 Å². The van der Waals surface area contributed by atoms with Crippen LogP contribution in [0, 0.1) is 0 Å². The van der Waals surface area contributed by atoms with Crippen molar-refractivity contribution in [2.45, 2.75) is 12.7 Å². The first-order valence-corrected chi connectivity index (χ1v) is 6.87. The fraction of sp³-hybridized carbons (Fsp3) is 0.286. The van der Waals surface area contributed by atoms with Crippen molar-refractivity contribution in [2.75, 3.05) is 7.11 Å². The fourth-order valence-electron chi connectivity index (χ4n) is 2.12. The summed E-state index contributed by atoms with van der Waals surface area (Å²) in [6.45, 7) is 0.121. The van der Waals surface area contributed by atoms with Crippen LogP contribution in [0.15, 0.2) is 30.6 Å². The van der Waals surface area contributed by atoms with Crippen LogP contribution in [0.3, 0.4) is 0 Å². The Balaban J connectivity index is 1.80. The van der Waals surface area contributed by atoms with Crippen LogP contribution in [0.4, 0.5) is 13.2 Å². The van der Waals surface area contributed by atoms with Gasteiger partial charge in [0.15, 0.2) is 5.69 Å². The second-order valence-electron chi connectivity index (χ2n) is 5.03. The molecular weight excluding hydrogens is 325 g/mol. The maximum atomic E-state index is 12.7. The van der Waals surface area contributed by atoms with Gasteiger partial charge in [-0.2, -0.15) is 18.3 Å². The molecule has 10 heteroatoms. The summed E-state index contributed by atoms with van der Waals surface area (Å²) in [6, 6.07) is 4.45. The van der Waals surface area contributed by atoms with Gasteiger partial charge in [-0.25, -0.2) is 9.67 Å². The van der Waals surface area contributed by atoms with E-state index in [4.69, 9.17) is 4.74 Å².